The number of aromatic nitrogens is 1. The van der Waals surface area contributed by atoms with Crippen LogP contribution in [0.25, 0.3) is 0 Å². The number of pyridine rings is 1. The third-order valence-electron chi connectivity index (χ3n) is 3.75. The molecule has 1 saturated heterocycles. The summed E-state index contributed by atoms with van der Waals surface area (Å²) in [5, 5.41) is 3.47. The molecule has 0 amide bonds. The standard InChI is InChI=1S/C15H25N3O/c1-3-7-16-11-13-4-8-17-12-15(13)18(2)14-5-9-19-10-6-14/h4,8,12,14,16H,3,5-7,9-11H2,1-2H3. The van der Waals surface area contributed by atoms with Crippen LogP contribution in [-0.2, 0) is 11.3 Å². The molecule has 0 radical (unpaired) electrons. The SMILES string of the molecule is CCCNCc1ccncc1N(C)C1CCOCC1. The Balaban J connectivity index is 2.04. The van der Waals surface area contributed by atoms with Crippen molar-refractivity contribution < 1.29 is 4.74 Å². The molecule has 0 atom stereocenters. The van der Waals surface area contributed by atoms with Crippen molar-refractivity contribution >= 4 is 5.69 Å². The summed E-state index contributed by atoms with van der Waals surface area (Å²) in [6.45, 7) is 5.91. The molecule has 2 heterocycles. The second-order valence-corrected chi connectivity index (χ2v) is 5.14. The van der Waals surface area contributed by atoms with E-state index >= 15 is 0 Å². The Hall–Kier alpha value is -1.13. The van der Waals surface area contributed by atoms with Gasteiger partial charge >= 0.3 is 0 Å². The van der Waals surface area contributed by atoms with Gasteiger partial charge in [0, 0.05) is 39.0 Å². The normalized spacial score (nSPS) is 16.5. The van der Waals surface area contributed by atoms with E-state index in [1.54, 1.807) is 0 Å². The third kappa shape index (κ3) is 3.91. The number of ether oxygens (including phenoxy) is 1. The fourth-order valence-corrected chi connectivity index (χ4v) is 2.55. The molecule has 0 bridgehead atoms. The van der Waals surface area contributed by atoms with Gasteiger partial charge in [-0.3, -0.25) is 4.98 Å². The molecule has 0 spiro atoms. The number of nitrogens with zero attached hydrogens (tertiary/aromatic N) is 2. The largest absolute Gasteiger partial charge is 0.381 e. The van der Waals surface area contributed by atoms with Gasteiger partial charge in [0.05, 0.1) is 11.9 Å². The highest BCUT2D eigenvalue weighted by Gasteiger charge is 2.20. The fourth-order valence-electron chi connectivity index (χ4n) is 2.55. The number of rotatable bonds is 6. The van der Waals surface area contributed by atoms with E-state index in [4.69, 9.17) is 4.74 Å². The molecule has 1 aromatic heterocycles. The van der Waals surface area contributed by atoms with Gasteiger partial charge in [0.15, 0.2) is 0 Å². The van der Waals surface area contributed by atoms with Crippen molar-refractivity contribution in [3.8, 4) is 0 Å². The minimum absolute atomic E-state index is 0.572. The minimum Gasteiger partial charge on any atom is -0.381 e. The Morgan fingerprint density at radius 1 is 1.42 bits per heavy atom. The van der Waals surface area contributed by atoms with E-state index in [-0.39, 0.29) is 0 Å². The fraction of sp³-hybridized carbons (Fsp3) is 0.667. The molecule has 19 heavy (non-hydrogen) atoms. The zero-order chi connectivity index (χ0) is 13.5. The quantitative estimate of drug-likeness (QED) is 0.798. The summed E-state index contributed by atoms with van der Waals surface area (Å²) in [6, 6.07) is 2.69. The summed E-state index contributed by atoms with van der Waals surface area (Å²) in [4.78, 5) is 6.66. The van der Waals surface area contributed by atoms with Crippen LogP contribution in [0.15, 0.2) is 18.5 Å². The maximum Gasteiger partial charge on any atom is 0.0598 e. The molecule has 1 aromatic rings. The molecule has 2 rings (SSSR count). The minimum atomic E-state index is 0.572. The predicted octanol–water partition coefficient (Wildman–Crippen LogP) is 2.20. The smallest absolute Gasteiger partial charge is 0.0598 e. The van der Waals surface area contributed by atoms with Gasteiger partial charge in [-0.05, 0) is 37.4 Å². The van der Waals surface area contributed by atoms with Crippen LogP contribution in [0.3, 0.4) is 0 Å². The number of anilines is 1. The van der Waals surface area contributed by atoms with E-state index < -0.39 is 0 Å². The highest BCUT2D eigenvalue weighted by atomic mass is 16.5. The van der Waals surface area contributed by atoms with Crippen LogP contribution in [-0.4, -0.2) is 37.8 Å². The maximum absolute atomic E-state index is 5.44. The molecular weight excluding hydrogens is 238 g/mol. The lowest BCUT2D eigenvalue weighted by molar-refractivity contribution is 0.0854. The van der Waals surface area contributed by atoms with Crippen LogP contribution < -0.4 is 10.2 Å². The highest BCUT2D eigenvalue weighted by molar-refractivity contribution is 5.51. The number of hydrogen-bond acceptors (Lipinski definition) is 4. The molecule has 0 unspecified atom stereocenters. The van der Waals surface area contributed by atoms with Gasteiger partial charge in [-0.2, -0.15) is 0 Å². The molecule has 1 aliphatic rings. The molecule has 0 aliphatic carbocycles. The monoisotopic (exact) mass is 263 g/mol. The summed E-state index contributed by atoms with van der Waals surface area (Å²) < 4.78 is 5.44. The van der Waals surface area contributed by atoms with Crippen molar-refractivity contribution in [1.82, 2.24) is 10.3 Å². The number of hydrogen-bond donors (Lipinski definition) is 1. The van der Waals surface area contributed by atoms with Crippen LogP contribution >= 0.6 is 0 Å². The second-order valence-electron chi connectivity index (χ2n) is 5.14. The Labute approximate surface area is 116 Å². The van der Waals surface area contributed by atoms with E-state index in [1.165, 1.54) is 11.3 Å². The molecule has 1 fully saturated rings. The highest BCUT2D eigenvalue weighted by Crippen LogP contribution is 2.24. The van der Waals surface area contributed by atoms with Crippen LogP contribution in [0, 0.1) is 0 Å². The van der Waals surface area contributed by atoms with E-state index in [9.17, 15) is 0 Å². The summed E-state index contributed by atoms with van der Waals surface area (Å²) >= 11 is 0. The maximum atomic E-state index is 5.44. The zero-order valence-electron chi connectivity index (χ0n) is 12.1. The molecule has 106 valence electrons. The average Bonchev–Trinajstić information content (AvgIpc) is 2.48. The Bertz CT molecular complexity index is 377. The van der Waals surface area contributed by atoms with Gasteiger partial charge in [0.2, 0.25) is 0 Å². The first-order chi connectivity index (χ1) is 9.33. The summed E-state index contributed by atoms with van der Waals surface area (Å²) in [5.74, 6) is 0. The van der Waals surface area contributed by atoms with Crippen LogP contribution in [0.1, 0.15) is 31.7 Å². The summed E-state index contributed by atoms with van der Waals surface area (Å²) in [7, 11) is 2.18. The lowest BCUT2D eigenvalue weighted by atomic mass is 10.1. The first kappa shape index (κ1) is 14.3. The average molecular weight is 263 g/mol. The first-order valence-electron chi connectivity index (χ1n) is 7.27. The van der Waals surface area contributed by atoms with E-state index in [2.05, 4.69) is 35.2 Å². The van der Waals surface area contributed by atoms with Gasteiger partial charge in [0.1, 0.15) is 0 Å². The molecule has 0 saturated carbocycles. The molecule has 4 nitrogen and oxygen atoms in total. The molecule has 4 heteroatoms. The molecule has 1 aliphatic heterocycles. The van der Waals surface area contributed by atoms with E-state index in [0.29, 0.717) is 6.04 Å². The summed E-state index contributed by atoms with van der Waals surface area (Å²) in [6.07, 6.45) is 7.24. The van der Waals surface area contributed by atoms with Crippen LogP contribution in [0.2, 0.25) is 0 Å². The number of nitrogens with one attached hydrogen (secondary N) is 1. The van der Waals surface area contributed by atoms with Crippen molar-refractivity contribution in [2.24, 2.45) is 0 Å². The van der Waals surface area contributed by atoms with Crippen LogP contribution in [0.4, 0.5) is 5.69 Å². The first-order valence-corrected chi connectivity index (χ1v) is 7.27. The molecular formula is C15H25N3O. The molecule has 0 aromatic carbocycles. The topological polar surface area (TPSA) is 37.4 Å². The van der Waals surface area contributed by atoms with Crippen molar-refractivity contribution in [2.75, 3.05) is 31.7 Å². The predicted molar refractivity (Wildman–Crippen MR) is 78.5 cm³/mol. The van der Waals surface area contributed by atoms with Gasteiger partial charge < -0.3 is 15.0 Å². The lowest BCUT2D eigenvalue weighted by Gasteiger charge is -2.33. The van der Waals surface area contributed by atoms with Crippen molar-refractivity contribution in [3.05, 3.63) is 24.0 Å². The Kier molecular flexibility index (Phi) is 5.61. The Morgan fingerprint density at radius 3 is 2.95 bits per heavy atom. The molecule has 1 N–H and O–H groups in total. The third-order valence-corrected chi connectivity index (χ3v) is 3.75. The van der Waals surface area contributed by atoms with Gasteiger partial charge in [-0.25, -0.2) is 0 Å². The van der Waals surface area contributed by atoms with Gasteiger partial charge in [-0.1, -0.05) is 6.92 Å². The van der Waals surface area contributed by atoms with Crippen molar-refractivity contribution in [2.45, 2.75) is 38.8 Å². The zero-order valence-corrected chi connectivity index (χ0v) is 12.1. The Morgan fingerprint density at radius 2 is 2.21 bits per heavy atom. The van der Waals surface area contributed by atoms with Crippen molar-refractivity contribution in [3.63, 3.8) is 0 Å². The van der Waals surface area contributed by atoms with Crippen LogP contribution in [0.5, 0.6) is 0 Å². The lowest BCUT2D eigenvalue weighted by Crippen LogP contribution is -2.37. The second kappa shape index (κ2) is 7.46. The van der Waals surface area contributed by atoms with Gasteiger partial charge in [-0.15, -0.1) is 0 Å². The van der Waals surface area contributed by atoms with Crippen molar-refractivity contribution in [1.29, 1.82) is 0 Å². The van der Waals surface area contributed by atoms with Gasteiger partial charge in [0.25, 0.3) is 0 Å². The van der Waals surface area contributed by atoms with E-state index in [1.807, 2.05) is 12.4 Å². The van der Waals surface area contributed by atoms with E-state index in [0.717, 1.165) is 45.6 Å². The summed E-state index contributed by atoms with van der Waals surface area (Å²) in [5.41, 5.74) is 2.58.